The molecule has 0 unspecified atom stereocenters. The molecular formula is C30H22N10O4S3. The van der Waals surface area contributed by atoms with Crippen LogP contribution in [0.15, 0.2) is 117 Å². The number of hydrogen-bond donors (Lipinski definition) is 2. The minimum absolute atomic E-state index is 0.000217. The van der Waals surface area contributed by atoms with Crippen molar-refractivity contribution in [3.8, 4) is 22.5 Å². The Bertz CT molecular complexity index is 2070. The average molecular weight is 683 g/mol. The van der Waals surface area contributed by atoms with E-state index < -0.39 is 9.84 Å². The molecule has 14 nitrogen and oxygen atoms in total. The highest BCUT2D eigenvalue weighted by Crippen LogP contribution is 2.45. The minimum Gasteiger partial charge on any atom is -0.325 e. The SMILES string of the molecule is O=C(CSc1nnnn1-c1ccccc1)Nc1ccc2c(c1)S(=O)(=O)c1cc(NC(=O)CSc3nnnn3-c3ccccc3)ccc1-2. The molecule has 0 bridgehead atoms. The zero-order valence-corrected chi connectivity index (χ0v) is 26.5. The van der Waals surface area contributed by atoms with Crippen LogP contribution in [-0.4, -0.2) is 72.2 Å². The van der Waals surface area contributed by atoms with Crippen LogP contribution in [0.25, 0.3) is 22.5 Å². The third kappa shape index (κ3) is 6.23. The Kier molecular flexibility index (Phi) is 8.23. The maximum Gasteiger partial charge on any atom is 0.234 e. The van der Waals surface area contributed by atoms with E-state index in [1.807, 2.05) is 60.7 Å². The van der Waals surface area contributed by atoms with Crippen LogP contribution in [0.4, 0.5) is 11.4 Å². The summed E-state index contributed by atoms with van der Waals surface area (Å²) in [4.78, 5) is 25.7. The summed E-state index contributed by atoms with van der Waals surface area (Å²) >= 11 is 2.30. The van der Waals surface area contributed by atoms with Gasteiger partial charge >= 0.3 is 0 Å². The second-order valence-electron chi connectivity index (χ2n) is 10.0. The summed E-state index contributed by atoms with van der Waals surface area (Å²) < 4.78 is 30.2. The minimum atomic E-state index is -3.92. The van der Waals surface area contributed by atoms with Crippen LogP contribution < -0.4 is 10.6 Å². The Labute approximate surface area is 275 Å². The summed E-state index contributed by atoms with van der Waals surface area (Å²) in [6.45, 7) is 0. The topological polar surface area (TPSA) is 180 Å². The van der Waals surface area contributed by atoms with Gasteiger partial charge in [0, 0.05) is 22.5 Å². The van der Waals surface area contributed by atoms with Crippen molar-refractivity contribution in [1.29, 1.82) is 0 Å². The summed E-state index contributed by atoms with van der Waals surface area (Å²) in [5, 5.41) is 29.7. The van der Waals surface area contributed by atoms with E-state index in [1.54, 1.807) is 24.3 Å². The first-order chi connectivity index (χ1) is 22.9. The average Bonchev–Trinajstić information content (AvgIpc) is 3.81. The normalized spacial score (nSPS) is 12.7. The van der Waals surface area contributed by atoms with Crippen LogP contribution in [0.1, 0.15) is 0 Å². The number of rotatable bonds is 10. The molecule has 0 spiro atoms. The number of aromatic nitrogens is 8. The quantitative estimate of drug-likeness (QED) is 0.199. The van der Waals surface area contributed by atoms with Crippen molar-refractivity contribution in [3.05, 3.63) is 97.1 Å². The van der Waals surface area contributed by atoms with Crippen LogP contribution in [0, 0.1) is 0 Å². The maximum absolute atomic E-state index is 13.6. The maximum atomic E-state index is 13.6. The highest BCUT2D eigenvalue weighted by molar-refractivity contribution is 8.00. The predicted octanol–water partition coefficient (Wildman–Crippen LogP) is 3.91. The molecule has 1 aliphatic heterocycles. The van der Waals surface area contributed by atoms with Crippen molar-refractivity contribution in [3.63, 3.8) is 0 Å². The van der Waals surface area contributed by atoms with Gasteiger partial charge in [-0.1, -0.05) is 72.1 Å². The van der Waals surface area contributed by atoms with Crippen LogP contribution in [0.5, 0.6) is 0 Å². The van der Waals surface area contributed by atoms with E-state index in [0.29, 0.717) is 32.8 Å². The molecule has 0 saturated heterocycles. The van der Waals surface area contributed by atoms with Gasteiger partial charge in [-0.05, 0) is 69.4 Å². The van der Waals surface area contributed by atoms with Crippen LogP contribution in [0.3, 0.4) is 0 Å². The number of benzene rings is 4. The number of nitrogens with zero attached hydrogens (tertiary/aromatic N) is 8. The highest BCUT2D eigenvalue weighted by Gasteiger charge is 2.33. The smallest absolute Gasteiger partial charge is 0.234 e. The van der Waals surface area contributed by atoms with Crippen molar-refractivity contribution in [2.45, 2.75) is 20.1 Å². The number of sulfone groups is 1. The van der Waals surface area contributed by atoms with Gasteiger partial charge < -0.3 is 10.6 Å². The van der Waals surface area contributed by atoms with Gasteiger partial charge in [-0.2, -0.15) is 9.36 Å². The number of tetrazole rings is 2. The lowest BCUT2D eigenvalue weighted by atomic mass is 10.0. The fourth-order valence-corrected chi connectivity index (χ4v) is 7.98. The molecule has 0 atom stereocenters. The first kappa shape index (κ1) is 30.3. The molecule has 1 aliphatic rings. The molecule has 4 aromatic carbocycles. The molecule has 2 amide bonds. The molecule has 0 aliphatic carbocycles. The third-order valence-electron chi connectivity index (χ3n) is 6.95. The number of hydrogen-bond acceptors (Lipinski definition) is 12. The van der Waals surface area contributed by atoms with E-state index in [4.69, 9.17) is 0 Å². The first-order valence-corrected chi connectivity index (χ1v) is 17.4. The standard InChI is InChI=1S/C30H22N10O4S3/c41-27(17-45-29-33-35-37-39(29)21-7-3-1-4-8-21)31-19-11-13-23-24-14-12-20(16-26(24)47(43,44)25(23)15-19)32-28(42)18-46-30-34-36-38-40(30)22-9-5-2-6-10-22/h1-16H,17-18H2,(H,31,41)(H,32,42). The number of nitrogens with one attached hydrogen (secondary N) is 2. The van der Waals surface area contributed by atoms with Crippen molar-refractivity contribution < 1.29 is 18.0 Å². The third-order valence-corrected chi connectivity index (χ3v) is 10.6. The van der Waals surface area contributed by atoms with E-state index in [-0.39, 0.29) is 33.1 Å². The zero-order chi connectivity index (χ0) is 32.4. The van der Waals surface area contributed by atoms with Gasteiger partial charge in [-0.25, -0.2) is 8.42 Å². The molecule has 234 valence electrons. The van der Waals surface area contributed by atoms with Crippen LogP contribution in [0.2, 0.25) is 0 Å². The Morgan fingerprint density at radius 1 is 0.617 bits per heavy atom. The van der Waals surface area contributed by atoms with Gasteiger partial charge in [0.2, 0.25) is 32.0 Å². The van der Waals surface area contributed by atoms with Crippen molar-refractivity contribution in [2.75, 3.05) is 22.1 Å². The fraction of sp³-hybridized carbons (Fsp3) is 0.0667. The molecule has 0 saturated carbocycles. The van der Waals surface area contributed by atoms with Gasteiger partial charge in [0.05, 0.1) is 32.7 Å². The zero-order valence-electron chi connectivity index (χ0n) is 24.1. The van der Waals surface area contributed by atoms with E-state index in [1.165, 1.54) is 21.5 Å². The molecule has 6 aromatic rings. The van der Waals surface area contributed by atoms with Gasteiger partial charge in [-0.15, -0.1) is 10.2 Å². The fourth-order valence-electron chi connectivity index (χ4n) is 4.86. The number of fused-ring (bicyclic) bond motifs is 3. The number of carbonyl (C=O) groups is 2. The molecule has 2 N–H and O–H groups in total. The summed E-state index contributed by atoms with van der Waals surface area (Å²) in [6, 6.07) is 28.1. The largest absolute Gasteiger partial charge is 0.325 e. The Balaban J connectivity index is 0.996. The van der Waals surface area contributed by atoms with Gasteiger partial charge in [0.25, 0.3) is 0 Å². The van der Waals surface area contributed by atoms with E-state index in [0.717, 1.165) is 34.9 Å². The molecule has 7 rings (SSSR count). The monoisotopic (exact) mass is 682 g/mol. The lowest BCUT2D eigenvalue weighted by molar-refractivity contribution is -0.114. The molecule has 0 radical (unpaired) electrons. The molecular weight excluding hydrogens is 661 g/mol. The number of para-hydroxylation sites is 2. The molecule has 2 aromatic heterocycles. The van der Waals surface area contributed by atoms with E-state index in [9.17, 15) is 18.0 Å². The number of carbonyl (C=O) groups excluding carboxylic acids is 2. The highest BCUT2D eigenvalue weighted by atomic mass is 32.2. The molecule has 0 fully saturated rings. The van der Waals surface area contributed by atoms with Gasteiger partial charge in [0.1, 0.15) is 0 Å². The number of thioether (sulfide) groups is 2. The Morgan fingerprint density at radius 3 is 1.47 bits per heavy atom. The summed E-state index contributed by atoms with van der Waals surface area (Å²) in [5.74, 6) is -0.711. The van der Waals surface area contributed by atoms with E-state index >= 15 is 0 Å². The van der Waals surface area contributed by atoms with Crippen LogP contribution >= 0.6 is 23.5 Å². The molecule has 47 heavy (non-hydrogen) atoms. The second-order valence-corrected chi connectivity index (χ2v) is 13.8. The van der Waals surface area contributed by atoms with Crippen LogP contribution in [-0.2, 0) is 19.4 Å². The molecule has 3 heterocycles. The van der Waals surface area contributed by atoms with Crippen molar-refractivity contribution in [1.82, 2.24) is 40.4 Å². The number of amides is 2. The van der Waals surface area contributed by atoms with Gasteiger partial charge in [0.15, 0.2) is 0 Å². The first-order valence-electron chi connectivity index (χ1n) is 13.9. The van der Waals surface area contributed by atoms with Crippen molar-refractivity contribution in [2.24, 2.45) is 0 Å². The van der Waals surface area contributed by atoms with Crippen molar-refractivity contribution >= 4 is 56.6 Å². The number of anilines is 2. The summed E-state index contributed by atoms with van der Waals surface area (Å²) in [5.41, 5.74) is 3.19. The Hall–Kier alpha value is -5.39. The summed E-state index contributed by atoms with van der Waals surface area (Å²) in [7, 11) is -3.92. The second kappa shape index (κ2) is 12.8. The lowest BCUT2D eigenvalue weighted by Crippen LogP contribution is -2.15. The molecule has 17 heteroatoms. The predicted molar refractivity (Wildman–Crippen MR) is 174 cm³/mol. The lowest BCUT2D eigenvalue weighted by Gasteiger charge is -2.08. The Morgan fingerprint density at radius 2 is 1.04 bits per heavy atom. The van der Waals surface area contributed by atoms with E-state index in [2.05, 4.69) is 41.7 Å². The van der Waals surface area contributed by atoms with Gasteiger partial charge in [-0.3, -0.25) is 9.59 Å². The summed E-state index contributed by atoms with van der Waals surface area (Å²) in [6.07, 6.45) is 0.